The SMILES string of the molecule is O=S1(=O)CCC(n2cc(I)cn2)C1. The smallest absolute Gasteiger partial charge is 0.152 e. The third kappa shape index (κ3) is 2.04. The van der Waals surface area contributed by atoms with Crippen LogP contribution in [0.1, 0.15) is 12.5 Å². The van der Waals surface area contributed by atoms with Crippen LogP contribution < -0.4 is 0 Å². The topological polar surface area (TPSA) is 52.0 Å². The minimum atomic E-state index is -2.80. The van der Waals surface area contributed by atoms with Crippen molar-refractivity contribution in [3.63, 3.8) is 0 Å². The number of aromatic nitrogens is 2. The molecule has 72 valence electrons. The second-order valence-corrected chi connectivity index (χ2v) is 6.67. The third-order valence-corrected chi connectivity index (χ3v) is 4.46. The van der Waals surface area contributed by atoms with Crippen LogP contribution in [-0.2, 0) is 9.84 Å². The lowest BCUT2D eigenvalue weighted by atomic mass is 10.3. The molecular weight excluding hydrogens is 303 g/mol. The second kappa shape index (κ2) is 3.23. The van der Waals surface area contributed by atoms with Gasteiger partial charge < -0.3 is 0 Å². The fraction of sp³-hybridized carbons (Fsp3) is 0.571. The minimum Gasteiger partial charge on any atom is -0.268 e. The Balaban J connectivity index is 2.21. The Hall–Kier alpha value is -0.110. The molecular formula is C7H9IN2O2S. The van der Waals surface area contributed by atoms with E-state index in [-0.39, 0.29) is 11.8 Å². The van der Waals surface area contributed by atoms with E-state index in [4.69, 9.17) is 0 Å². The van der Waals surface area contributed by atoms with Crippen LogP contribution >= 0.6 is 22.6 Å². The molecule has 0 amide bonds. The van der Waals surface area contributed by atoms with Crippen molar-refractivity contribution in [2.45, 2.75) is 12.5 Å². The van der Waals surface area contributed by atoms with E-state index < -0.39 is 9.84 Å². The first kappa shape index (κ1) is 9.45. The predicted octanol–water partition coefficient (Wildman–Crippen LogP) is 0.847. The van der Waals surface area contributed by atoms with E-state index in [0.29, 0.717) is 12.2 Å². The first-order valence-corrected chi connectivity index (χ1v) is 6.87. The van der Waals surface area contributed by atoms with Gasteiger partial charge in [-0.2, -0.15) is 5.10 Å². The molecule has 1 unspecified atom stereocenters. The maximum atomic E-state index is 11.2. The summed E-state index contributed by atoms with van der Waals surface area (Å²) in [5, 5.41) is 4.11. The highest BCUT2D eigenvalue weighted by molar-refractivity contribution is 14.1. The zero-order chi connectivity index (χ0) is 9.47. The number of sulfone groups is 1. The van der Waals surface area contributed by atoms with Crippen LogP contribution in [0.5, 0.6) is 0 Å². The molecule has 1 saturated heterocycles. The van der Waals surface area contributed by atoms with Gasteiger partial charge in [-0.05, 0) is 29.0 Å². The Morgan fingerprint density at radius 3 is 2.85 bits per heavy atom. The van der Waals surface area contributed by atoms with Crippen molar-refractivity contribution >= 4 is 32.4 Å². The molecule has 4 nitrogen and oxygen atoms in total. The van der Waals surface area contributed by atoms with Crippen LogP contribution in [0.3, 0.4) is 0 Å². The standard InChI is InChI=1S/C7H9IN2O2S/c8-6-3-9-10(4-6)7-1-2-13(11,12)5-7/h3-4,7H,1-2,5H2. The van der Waals surface area contributed by atoms with Crippen molar-refractivity contribution in [1.29, 1.82) is 0 Å². The van der Waals surface area contributed by atoms with E-state index in [1.54, 1.807) is 10.9 Å². The molecule has 0 N–H and O–H groups in total. The third-order valence-electron chi connectivity index (χ3n) is 2.15. The van der Waals surface area contributed by atoms with E-state index in [9.17, 15) is 8.42 Å². The zero-order valence-electron chi connectivity index (χ0n) is 6.85. The van der Waals surface area contributed by atoms with Gasteiger partial charge in [0, 0.05) is 6.20 Å². The molecule has 1 fully saturated rings. The lowest BCUT2D eigenvalue weighted by Gasteiger charge is -2.06. The zero-order valence-corrected chi connectivity index (χ0v) is 9.82. The van der Waals surface area contributed by atoms with Gasteiger partial charge in [-0.15, -0.1) is 0 Å². The largest absolute Gasteiger partial charge is 0.268 e. The molecule has 0 aliphatic carbocycles. The Kier molecular flexibility index (Phi) is 2.35. The van der Waals surface area contributed by atoms with Gasteiger partial charge in [0.15, 0.2) is 9.84 Å². The first-order valence-electron chi connectivity index (χ1n) is 3.97. The van der Waals surface area contributed by atoms with Crippen LogP contribution in [0.25, 0.3) is 0 Å². The van der Waals surface area contributed by atoms with E-state index in [2.05, 4.69) is 27.7 Å². The lowest BCUT2D eigenvalue weighted by molar-refractivity contribution is 0.499. The van der Waals surface area contributed by atoms with E-state index >= 15 is 0 Å². The second-order valence-electron chi connectivity index (χ2n) is 3.20. The molecule has 2 heterocycles. The van der Waals surface area contributed by atoms with Crippen LogP contribution in [0.15, 0.2) is 12.4 Å². The molecule has 1 aliphatic heterocycles. The molecule has 0 spiro atoms. The summed E-state index contributed by atoms with van der Waals surface area (Å²) in [6.45, 7) is 0. The fourth-order valence-corrected chi connectivity index (χ4v) is 3.61. The van der Waals surface area contributed by atoms with Gasteiger partial charge >= 0.3 is 0 Å². The monoisotopic (exact) mass is 312 g/mol. The van der Waals surface area contributed by atoms with E-state index in [0.717, 1.165) is 3.57 Å². The lowest BCUT2D eigenvalue weighted by Crippen LogP contribution is -2.11. The molecule has 1 aliphatic rings. The average molecular weight is 312 g/mol. The number of hydrogen-bond acceptors (Lipinski definition) is 3. The molecule has 6 heteroatoms. The van der Waals surface area contributed by atoms with Crippen molar-refractivity contribution in [3.8, 4) is 0 Å². The normalized spacial score (nSPS) is 26.4. The van der Waals surface area contributed by atoms with Crippen molar-refractivity contribution in [1.82, 2.24) is 9.78 Å². The Bertz CT molecular complexity index is 412. The van der Waals surface area contributed by atoms with Crippen LogP contribution in [0.2, 0.25) is 0 Å². The quantitative estimate of drug-likeness (QED) is 0.722. The summed E-state index contributed by atoms with van der Waals surface area (Å²) in [5.74, 6) is 0.541. The molecule has 0 saturated carbocycles. The summed E-state index contributed by atoms with van der Waals surface area (Å²) in [4.78, 5) is 0. The van der Waals surface area contributed by atoms with Crippen molar-refractivity contribution in [2.24, 2.45) is 0 Å². The molecule has 2 rings (SSSR count). The van der Waals surface area contributed by atoms with Gasteiger partial charge in [0.2, 0.25) is 0 Å². The summed E-state index contributed by atoms with van der Waals surface area (Å²) in [6.07, 6.45) is 4.32. The highest BCUT2D eigenvalue weighted by Gasteiger charge is 2.29. The summed E-state index contributed by atoms with van der Waals surface area (Å²) < 4.78 is 25.2. The summed E-state index contributed by atoms with van der Waals surface area (Å²) in [5.41, 5.74) is 0. The van der Waals surface area contributed by atoms with Crippen LogP contribution in [0.4, 0.5) is 0 Å². The summed E-state index contributed by atoms with van der Waals surface area (Å²) >= 11 is 2.16. The molecule has 0 aromatic carbocycles. The van der Waals surface area contributed by atoms with Gasteiger partial charge in [-0.25, -0.2) is 8.42 Å². The first-order chi connectivity index (χ1) is 6.07. The minimum absolute atomic E-state index is 0.0496. The van der Waals surface area contributed by atoms with Crippen molar-refractivity contribution < 1.29 is 8.42 Å². The van der Waals surface area contributed by atoms with Gasteiger partial charge in [-0.3, -0.25) is 4.68 Å². The van der Waals surface area contributed by atoms with Crippen molar-refractivity contribution in [2.75, 3.05) is 11.5 Å². The number of nitrogens with zero attached hydrogens (tertiary/aromatic N) is 2. The predicted molar refractivity (Wildman–Crippen MR) is 57.3 cm³/mol. The number of hydrogen-bond donors (Lipinski definition) is 0. The highest BCUT2D eigenvalue weighted by atomic mass is 127. The summed E-state index contributed by atoms with van der Waals surface area (Å²) in [6, 6.07) is 0.0496. The van der Waals surface area contributed by atoms with E-state index in [1.165, 1.54) is 0 Å². The number of rotatable bonds is 1. The molecule has 13 heavy (non-hydrogen) atoms. The van der Waals surface area contributed by atoms with E-state index in [1.807, 2.05) is 6.20 Å². The molecule has 0 radical (unpaired) electrons. The van der Waals surface area contributed by atoms with Crippen molar-refractivity contribution in [3.05, 3.63) is 16.0 Å². The van der Waals surface area contributed by atoms with Crippen LogP contribution in [-0.4, -0.2) is 29.7 Å². The Labute approximate surface area is 90.4 Å². The van der Waals surface area contributed by atoms with Gasteiger partial charge in [-0.1, -0.05) is 0 Å². The van der Waals surface area contributed by atoms with Crippen LogP contribution in [0, 0.1) is 3.57 Å². The molecule has 1 atom stereocenters. The highest BCUT2D eigenvalue weighted by Crippen LogP contribution is 2.23. The maximum Gasteiger partial charge on any atom is 0.152 e. The molecule has 1 aromatic rings. The Morgan fingerprint density at radius 1 is 1.62 bits per heavy atom. The molecule has 1 aromatic heterocycles. The Morgan fingerprint density at radius 2 is 2.38 bits per heavy atom. The average Bonchev–Trinajstić information content (AvgIpc) is 2.56. The fourth-order valence-electron chi connectivity index (χ4n) is 1.50. The number of halogens is 1. The van der Waals surface area contributed by atoms with Gasteiger partial charge in [0.25, 0.3) is 0 Å². The summed E-state index contributed by atoms with van der Waals surface area (Å²) in [7, 11) is -2.80. The van der Waals surface area contributed by atoms with Gasteiger partial charge in [0.05, 0.1) is 27.3 Å². The maximum absolute atomic E-state index is 11.2. The molecule has 0 bridgehead atoms. The van der Waals surface area contributed by atoms with Gasteiger partial charge in [0.1, 0.15) is 0 Å².